The Labute approximate surface area is 178 Å². The van der Waals surface area contributed by atoms with Crippen molar-refractivity contribution in [3.63, 3.8) is 0 Å². The molecule has 10 nitrogen and oxygen atoms in total. The minimum Gasteiger partial charge on any atom is -0.493 e. The summed E-state index contributed by atoms with van der Waals surface area (Å²) >= 11 is 0. The van der Waals surface area contributed by atoms with Gasteiger partial charge in [0, 0.05) is 18.7 Å². The fourth-order valence-electron chi connectivity index (χ4n) is 2.63. The summed E-state index contributed by atoms with van der Waals surface area (Å²) in [6, 6.07) is 10.7. The minimum absolute atomic E-state index is 0.0309. The zero-order valence-electron chi connectivity index (χ0n) is 17.1. The van der Waals surface area contributed by atoms with Crippen LogP contribution in [0.5, 0.6) is 11.5 Å². The van der Waals surface area contributed by atoms with E-state index in [0.29, 0.717) is 12.0 Å². The summed E-state index contributed by atoms with van der Waals surface area (Å²) in [5, 5.41) is 25.5. The van der Waals surface area contributed by atoms with Crippen LogP contribution in [0.25, 0.3) is 6.08 Å². The molecule has 0 fully saturated rings. The summed E-state index contributed by atoms with van der Waals surface area (Å²) in [4.78, 5) is 36.1. The van der Waals surface area contributed by atoms with Gasteiger partial charge in [-0.3, -0.25) is 19.7 Å². The van der Waals surface area contributed by atoms with Crippen molar-refractivity contribution >= 4 is 23.6 Å². The highest BCUT2D eigenvalue weighted by Gasteiger charge is 2.21. The Morgan fingerprint density at radius 3 is 2.35 bits per heavy atom. The Hall–Kier alpha value is -3.92. The SMILES string of the molecule is COc1cc(/C=C(/NC(=O)c2ccccc2)C(=O)NCCCO)c([N+](=O)[O-])cc1OC. The van der Waals surface area contributed by atoms with Crippen LogP contribution in [-0.4, -0.2) is 49.2 Å². The summed E-state index contributed by atoms with van der Waals surface area (Å²) in [5.41, 5.74) is -0.212. The van der Waals surface area contributed by atoms with Crippen LogP contribution in [0.4, 0.5) is 5.69 Å². The number of aliphatic hydroxyl groups excluding tert-OH is 1. The number of hydrogen-bond acceptors (Lipinski definition) is 7. The number of hydrogen-bond donors (Lipinski definition) is 3. The molecule has 2 aromatic carbocycles. The number of carbonyl (C=O) groups is 2. The van der Waals surface area contributed by atoms with Crippen LogP contribution in [0.1, 0.15) is 22.3 Å². The lowest BCUT2D eigenvalue weighted by atomic mass is 10.1. The average molecular weight is 429 g/mol. The molecular formula is C21H23N3O7. The molecular weight excluding hydrogens is 406 g/mol. The quantitative estimate of drug-likeness (QED) is 0.227. The number of nitro groups is 1. The fraction of sp³-hybridized carbons (Fsp3) is 0.238. The molecule has 0 unspecified atom stereocenters. The highest BCUT2D eigenvalue weighted by molar-refractivity contribution is 6.05. The van der Waals surface area contributed by atoms with Gasteiger partial charge in [0.2, 0.25) is 0 Å². The van der Waals surface area contributed by atoms with E-state index in [1.54, 1.807) is 30.3 Å². The van der Waals surface area contributed by atoms with Gasteiger partial charge in [-0.05, 0) is 30.7 Å². The molecule has 0 spiro atoms. The first-order chi connectivity index (χ1) is 14.9. The molecule has 0 radical (unpaired) electrons. The van der Waals surface area contributed by atoms with E-state index in [9.17, 15) is 19.7 Å². The largest absolute Gasteiger partial charge is 0.493 e. The lowest BCUT2D eigenvalue weighted by Crippen LogP contribution is -2.35. The van der Waals surface area contributed by atoms with Gasteiger partial charge in [0.1, 0.15) is 5.70 Å². The number of aliphatic hydroxyl groups is 1. The van der Waals surface area contributed by atoms with E-state index in [0.717, 1.165) is 0 Å². The maximum absolute atomic E-state index is 12.6. The summed E-state index contributed by atoms with van der Waals surface area (Å²) in [6.45, 7) is 0.0265. The zero-order chi connectivity index (χ0) is 22.8. The van der Waals surface area contributed by atoms with Gasteiger partial charge in [-0.25, -0.2) is 0 Å². The molecule has 10 heteroatoms. The number of nitrogens with one attached hydrogen (secondary N) is 2. The standard InChI is InChI=1S/C21H23N3O7/c1-30-18-12-15(17(24(28)29)13-19(18)31-2)11-16(21(27)22-9-6-10-25)23-20(26)14-7-4-3-5-8-14/h3-5,7-8,11-13,25H,6,9-10H2,1-2H3,(H,22,27)(H,23,26)/b16-11+. The van der Waals surface area contributed by atoms with Crippen LogP contribution in [0, 0.1) is 10.1 Å². The summed E-state index contributed by atoms with van der Waals surface area (Å²) in [5.74, 6) is -0.864. The number of nitrogens with zero attached hydrogens (tertiary/aromatic N) is 1. The number of rotatable bonds is 10. The van der Waals surface area contributed by atoms with Crippen LogP contribution >= 0.6 is 0 Å². The van der Waals surface area contributed by atoms with Crippen LogP contribution in [0.3, 0.4) is 0 Å². The summed E-state index contributed by atoms with van der Waals surface area (Å²) in [6.07, 6.45) is 1.50. The lowest BCUT2D eigenvalue weighted by molar-refractivity contribution is -0.385. The Balaban J connectivity index is 2.50. The normalized spacial score (nSPS) is 10.9. The van der Waals surface area contributed by atoms with Crippen molar-refractivity contribution < 1.29 is 29.1 Å². The second-order valence-electron chi connectivity index (χ2n) is 6.23. The van der Waals surface area contributed by atoms with Crippen LogP contribution in [0.2, 0.25) is 0 Å². The number of nitro benzene ring substituents is 1. The predicted molar refractivity (Wildman–Crippen MR) is 113 cm³/mol. The zero-order valence-corrected chi connectivity index (χ0v) is 17.1. The van der Waals surface area contributed by atoms with Gasteiger partial charge in [-0.1, -0.05) is 18.2 Å². The maximum Gasteiger partial charge on any atom is 0.280 e. The Morgan fingerprint density at radius 1 is 1.13 bits per heavy atom. The van der Waals surface area contributed by atoms with Gasteiger partial charge in [-0.2, -0.15) is 0 Å². The highest BCUT2D eigenvalue weighted by Crippen LogP contribution is 2.35. The number of carbonyl (C=O) groups excluding carboxylic acids is 2. The molecule has 0 aromatic heterocycles. The van der Waals surface area contributed by atoms with Crippen molar-refractivity contribution in [1.82, 2.24) is 10.6 Å². The van der Waals surface area contributed by atoms with E-state index in [1.807, 2.05) is 0 Å². The van der Waals surface area contributed by atoms with Gasteiger partial charge in [0.05, 0.1) is 30.8 Å². The monoisotopic (exact) mass is 429 g/mol. The van der Waals surface area contributed by atoms with Crippen molar-refractivity contribution in [2.24, 2.45) is 0 Å². The maximum atomic E-state index is 12.6. The van der Waals surface area contributed by atoms with E-state index >= 15 is 0 Å². The minimum atomic E-state index is -0.665. The highest BCUT2D eigenvalue weighted by atomic mass is 16.6. The third kappa shape index (κ3) is 6.28. The first kappa shape index (κ1) is 23.4. The molecule has 0 saturated heterocycles. The molecule has 0 bridgehead atoms. The van der Waals surface area contributed by atoms with Crippen molar-refractivity contribution in [1.29, 1.82) is 0 Å². The summed E-state index contributed by atoms with van der Waals surface area (Å²) in [7, 11) is 2.72. The molecule has 31 heavy (non-hydrogen) atoms. The predicted octanol–water partition coefficient (Wildman–Crippen LogP) is 1.88. The molecule has 2 aromatic rings. The second-order valence-corrected chi connectivity index (χ2v) is 6.23. The topological polar surface area (TPSA) is 140 Å². The number of methoxy groups -OCH3 is 2. The molecule has 0 aliphatic carbocycles. The molecule has 2 amide bonds. The Morgan fingerprint density at radius 2 is 1.77 bits per heavy atom. The van der Waals surface area contributed by atoms with Crippen LogP contribution in [0.15, 0.2) is 48.2 Å². The Bertz CT molecular complexity index is 974. The molecule has 0 aliphatic heterocycles. The van der Waals surface area contributed by atoms with Crippen molar-refractivity contribution in [3.8, 4) is 11.5 Å². The lowest BCUT2D eigenvalue weighted by Gasteiger charge is -2.12. The van der Waals surface area contributed by atoms with Crippen LogP contribution in [-0.2, 0) is 4.79 Å². The number of benzene rings is 2. The molecule has 2 rings (SSSR count). The Kier molecular flexibility index (Phi) is 8.52. The van der Waals surface area contributed by atoms with E-state index < -0.39 is 16.7 Å². The third-order valence-electron chi connectivity index (χ3n) is 4.18. The van der Waals surface area contributed by atoms with Crippen LogP contribution < -0.4 is 20.1 Å². The first-order valence-electron chi connectivity index (χ1n) is 9.28. The fourth-order valence-corrected chi connectivity index (χ4v) is 2.63. The van der Waals surface area contributed by atoms with Gasteiger partial charge >= 0.3 is 0 Å². The van der Waals surface area contributed by atoms with E-state index in [1.165, 1.54) is 32.4 Å². The van der Waals surface area contributed by atoms with Gasteiger partial charge in [-0.15, -0.1) is 0 Å². The molecule has 0 atom stereocenters. The number of ether oxygens (including phenoxy) is 2. The molecule has 0 heterocycles. The van der Waals surface area contributed by atoms with Gasteiger partial charge in [0.15, 0.2) is 11.5 Å². The first-order valence-corrected chi connectivity index (χ1v) is 9.28. The molecule has 164 valence electrons. The third-order valence-corrected chi connectivity index (χ3v) is 4.18. The summed E-state index contributed by atoms with van der Waals surface area (Å²) < 4.78 is 10.3. The van der Waals surface area contributed by atoms with Gasteiger partial charge < -0.3 is 25.2 Å². The van der Waals surface area contributed by atoms with E-state index in [4.69, 9.17) is 14.6 Å². The smallest absolute Gasteiger partial charge is 0.280 e. The second kappa shape index (κ2) is 11.3. The van der Waals surface area contributed by atoms with E-state index in [-0.39, 0.29) is 41.6 Å². The van der Waals surface area contributed by atoms with Crippen molar-refractivity contribution in [2.75, 3.05) is 27.4 Å². The molecule has 3 N–H and O–H groups in total. The molecule has 0 saturated carbocycles. The average Bonchev–Trinajstić information content (AvgIpc) is 2.78. The number of amides is 2. The van der Waals surface area contributed by atoms with Crippen molar-refractivity contribution in [2.45, 2.75) is 6.42 Å². The van der Waals surface area contributed by atoms with Crippen molar-refractivity contribution in [3.05, 3.63) is 69.4 Å². The van der Waals surface area contributed by atoms with E-state index in [2.05, 4.69) is 10.6 Å². The molecule has 0 aliphatic rings. The van der Waals surface area contributed by atoms with Gasteiger partial charge in [0.25, 0.3) is 17.5 Å².